The van der Waals surface area contributed by atoms with Crippen molar-refractivity contribution >= 4 is 40.8 Å². The van der Waals surface area contributed by atoms with Gasteiger partial charge >= 0.3 is 6.03 Å². The number of carbonyl (C=O) groups excluding carboxylic acids is 2. The lowest BCUT2D eigenvalue weighted by Crippen LogP contribution is -2.47. The van der Waals surface area contributed by atoms with Crippen molar-refractivity contribution in [2.75, 3.05) is 32.1 Å². The quantitative estimate of drug-likeness (QED) is 0.603. The molecular weight excluding hydrogens is 445 g/mol. The van der Waals surface area contributed by atoms with E-state index in [1.165, 1.54) is 19.2 Å². The lowest BCUT2D eigenvalue weighted by atomic mass is 9.87. The van der Waals surface area contributed by atoms with Gasteiger partial charge in [0.25, 0.3) is 5.91 Å². The Balaban J connectivity index is 1.61. The number of hydrogen-bond acceptors (Lipinski definition) is 5. The summed E-state index contributed by atoms with van der Waals surface area (Å²) in [6, 6.07) is 9.21. The number of piperidine rings is 1. The van der Waals surface area contributed by atoms with Crippen LogP contribution >= 0.6 is 23.2 Å². The molecular formula is C21H23Cl2N3O5. The standard InChI is InChI=1S/C21H23Cl2N3O5/c1-30-19-8-12(2-4-15(19)23)14-6-7-26(10-17(14)27)20(28)11-31-18-5-3-13(22)9-16(18)25-21(24)29/h2-5,8-9,14,17,27H,6-7,10-11H2,1H3,(H3,24,25,29). The van der Waals surface area contributed by atoms with Gasteiger partial charge in [-0.3, -0.25) is 4.79 Å². The summed E-state index contributed by atoms with van der Waals surface area (Å²) in [5.74, 6) is 0.381. The minimum atomic E-state index is -0.775. The number of amides is 3. The van der Waals surface area contributed by atoms with Gasteiger partial charge in [-0.1, -0.05) is 29.3 Å². The number of benzene rings is 2. The van der Waals surface area contributed by atoms with Crippen molar-refractivity contribution in [3.05, 3.63) is 52.0 Å². The summed E-state index contributed by atoms with van der Waals surface area (Å²) in [5.41, 5.74) is 6.32. The predicted octanol–water partition coefficient (Wildman–Crippen LogP) is 3.25. The maximum Gasteiger partial charge on any atom is 0.316 e. The predicted molar refractivity (Wildman–Crippen MR) is 118 cm³/mol. The first-order valence-electron chi connectivity index (χ1n) is 9.56. The number of carbonyl (C=O) groups is 2. The Kier molecular flexibility index (Phi) is 7.48. The number of likely N-dealkylation sites (tertiary alicyclic amines) is 1. The molecule has 2 aromatic carbocycles. The minimum Gasteiger partial charge on any atom is -0.495 e. The number of ether oxygens (including phenoxy) is 2. The summed E-state index contributed by atoms with van der Waals surface area (Å²) >= 11 is 12.0. The number of urea groups is 1. The highest BCUT2D eigenvalue weighted by Gasteiger charge is 2.31. The van der Waals surface area contributed by atoms with Crippen LogP contribution in [0, 0.1) is 0 Å². The first kappa shape index (κ1) is 23.0. The van der Waals surface area contributed by atoms with E-state index in [1.54, 1.807) is 17.0 Å². The lowest BCUT2D eigenvalue weighted by molar-refractivity contribution is -0.136. The van der Waals surface area contributed by atoms with Crippen LogP contribution in [0.3, 0.4) is 0 Å². The number of nitrogens with zero attached hydrogens (tertiary/aromatic N) is 1. The average molecular weight is 468 g/mol. The molecule has 0 aliphatic carbocycles. The zero-order valence-electron chi connectivity index (χ0n) is 16.8. The van der Waals surface area contributed by atoms with Crippen LogP contribution in [0.25, 0.3) is 0 Å². The van der Waals surface area contributed by atoms with E-state index < -0.39 is 12.1 Å². The fourth-order valence-electron chi connectivity index (χ4n) is 3.54. The van der Waals surface area contributed by atoms with E-state index in [1.807, 2.05) is 12.1 Å². The van der Waals surface area contributed by atoms with Crippen LogP contribution in [0.15, 0.2) is 36.4 Å². The van der Waals surface area contributed by atoms with Crippen LogP contribution in [0.2, 0.25) is 10.0 Å². The third kappa shape index (κ3) is 5.72. The highest BCUT2D eigenvalue weighted by atomic mass is 35.5. The third-order valence-corrected chi connectivity index (χ3v) is 5.64. The fraction of sp³-hybridized carbons (Fsp3) is 0.333. The number of aliphatic hydroxyl groups excluding tert-OH is 1. The Morgan fingerprint density at radius 3 is 2.68 bits per heavy atom. The monoisotopic (exact) mass is 467 g/mol. The number of aliphatic hydroxyl groups is 1. The molecule has 2 aromatic rings. The number of methoxy groups -OCH3 is 1. The van der Waals surface area contributed by atoms with Gasteiger partial charge in [0, 0.05) is 24.0 Å². The molecule has 2 atom stereocenters. The van der Waals surface area contributed by atoms with E-state index in [0.717, 1.165) is 5.56 Å². The van der Waals surface area contributed by atoms with Crippen LogP contribution in [0.1, 0.15) is 17.9 Å². The van der Waals surface area contributed by atoms with E-state index in [-0.39, 0.29) is 36.4 Å². The van der Waals surface area contributed by atoms with Crippen LogP contribution in [-0.4, -0.2) is 54.9 Å². The number of primary amides is 1. The van der Waals surface area contributed by atoms with Gasteiger partial charge in [0.05, 0.1) is 23.9 Å². The Labute approximate surface area is 189 Å². The summed E-state index contributed by atoms with van der Waals surface area (Å²) in [6.45, 7) is 0.369. The van der Waals surface area contributed by atoms with E-state index in [4.69, 9.17) is 38.4 Å². The molecule has 3 amide bonds. The Bertz CT molecular complexity index is 972. The van der Waals surface area contributed by atoms with Crippen molar-refractivity contribution in [1.29, 1.82) is 0 Å². The second-order valence-corrected chi connectivity index (χ2v) is 7.96. The molecule has 1 aliphatic heterocycles. The van der Waals surface area contributed by atoms with Gasteiger partial charge in [-0.15, -0.1) is 0 Å². The van der Waals surface area contributed by atoms with Crippen molar-refractivity contribution < 1.29 is 24.2 Å². The van der Waals surface area contributed by atoms with Crippen LogP contribution in [0.4, 0.5) is 10.5 Å². The van der Waals surface area contributed by atoms with E-state index in [0.29, 0.717) is 28.8 Å². The second kappa shape index (κ2) is 10.1. The molecule has 166 valence electrons. The number of halogens is 2. The minimum absolute atomic E-state index is 0.140. The molecule has 1 aliphatic rings. The molecule has 0 radical (unpaired) electrons. The molecule has 31 heavy (non-hydrogen) atoms. The van der Waals surface area contributed by atoms with Crippen LogP contribution in [-0.2, 0) is 4.79 Å². The van der Waals surface area contributed by atoms with Crippen molar-refractivity contribution in [3.63, 3.8) is 0 Å². The van der Waals surface area contributed by atoms with Gasteiger partial charge in [0.1, 0.15) is 11.5 Å². The highest BCUT2D eigenvalue weighted by Crippen LogP contribution is 2.34. The smallest absolute Gasteiger partial charge is 0.316 e. The summed E-state index contributed by atoms with van der Waals surface area (Å²) < 4.78 is 10.8. The number of hydrogen-bond donors (Lipinski definition) is 3. The largest absolute Gasteiger partial charge is 0.495 e. The maximum atomic E-state index is 12.6. The molecule has 1 heterocycles. The summed E-state index contributed by atoms with van der Waals surface area (Å²) in [4.78, 5) is 25.3. The molecule has 8 nitrogen and oxygen atoms in total. The molecule has 1 fully saturated rings. The number of nitrogens with two attached hydrogens (primary N) is 1. The number of anilines is 1. The van der Waals surface area contributed by atoms with Gasteiger partial charge in [-0.05, 0) is 42.3 Å². The van der Waals surface area contributed by atoms with Gasteiger partial charge in [0.15, 0.2) is 6.61 Å². The van der Waals surface area contributed by atoms with Crippen molar-refractivity contribution in [1.82, 2.24) is 4.90 Å². The molecule has 10 heteroatoms. The Morgan fingerprint density at radius 2 is 2.00 bits per heavy atom. The lowest BCUT2D eigenvalue weighted by Gasteiger charge is -2.36. The third-order valence-electron chi connectivity index (χ3n) is 5.09. The molecule has 0 spiro atoms. The SMILES string of the molecule is COc1cc(C2CCN(C(=O)COc3ccc(Cl)cc3NC(N)=O)CC2O)ccc1Cl. The number of β-amino-alcohol motifs (C(OH)–C–C–N with tert-alkyl or cyclic N) is 1. The van der Waals surface area contributed by atoms with Crippen molar-refractivity contribution in [3.8, 4) is 11.5 Å². The van der Waals surface area contributed by atoms with Crippen LogP contribution < -0.4 is 20.5 Å². The molecule has 0 bridgehead atoms. The number of rotatable bonds is 6. The molecule has 0 aromatic heterocycles. The Hall–Kier alpha value is -2.68. The zero-order valence-corrected chi connectivity index (χ0v) is 18.3. The maximum absolute atomic E-state index is 12.6. The van der Waals surface area contributed by atoms with E-state index in [9.17, 15) is 14.7 Å². The zero-order chi connectivity index (χ0) is 22.5. The fourth-order valence-corrected chi connectivity index (χ4v) is 3.91. The summed E-state index contributed by atoms with van der Waals surface area (Å²) in [5, 5.41) is 13.9. The van der Waals surface area contributed by atoms with Gasteiger partial charge in [-0.25, -0.2) is 4.79 Å². The average Bonchev–Trinajstić information content (AvgIpc) is 2.73. The highest BCUT2D eigenvalue weighted by molar-refractivity contribution is 6.32. The van der Waals surface area contributed by atoms with E-state index in [2.05, 4.69) is 5.32 Å². The first-order valence-corrected chi connectivity index (χ1v) is 10.3. The van der Waals surface area contributed by atoms with Gasteiger partial charge in [0.2, 0.25) is 0 Å². The molecule has 3 rings (SSSR count). The summed E-state index contributed by atoms with van der Waals surface area (Å²) in [7, 11) is 1.54. The Morgan fingerprint density at radius 1 is 1.23 bits per heavy atom. The normalized spacial score (nSPS) is 18.4. The molecule has 4 N–H and O–H groups in total. The van der Waals surface area contributed by atoms with Crippen molar-refractivity contribution in [2.24, 2.45) is 5.73 Å². The molecule has 0 saturated carbocycles. The topological polar surface area (TPSA) is 114 Å². The van der Waals surface area contributed by atoms with E-state index >= 15 is 0 Å². The van der Waals surface area contributed by atoms with Crippen LogP contribution in [0.5, 0.6) is 11.5 Å². The number of nitrogens with one attached hydrogen (secondary N) is 1. The molecule has 1 saturated heterocycles. The van der Waals surface area contributed by atoms with Gasteiger partial charge < -0.3 is 30.5 Å². The molecule has 2 unspecified atom stereocenters. The second-order valence-electron chi connectivity index (χ2n) is 7.11. The summed E-state index contributed by atoms with van der Waals surface area (Å²) in [6.07, 6.45) is -0.168. The first-order chi connectivity index (χ1) is 14.8. The van der Waals surface area contributed by atoms with Gasteiger partial charge in [-0.2, -0.15) is 0 Å². The van der Waals surface area contributed by atoms with Crippen molar-refractivity contribution in [2.45, 2.75) is 18.4 Å².